The van der Waals surface area contributed by atoms with Gasteiger partial charge in [-0.1, -0.05) is 36.4 Å². The highest BCUT2D eigenvalue weighted by atomic mass is 14.7. The SMILES string of the molecule is C=CC(N)c1cccc2[nH]c3ccccc3c12. The second-order valence-corrected chi connectivity index (χ2v) is 4.20. The first-order valence-corrected chi connectivity index (χ1v) is 5.68. The summed E-state index contributed by atoms with van der Waals surface area (Å²) in [5.41, 5.74) is 9.47. The van der Waals surface area contributed by atoms with Crippen LogP contribution in [-0.4, -0.2) is 4.98 Å². The number of rotatable bonds is 2. The van der Waals surface area contributed by atoms with Gasteiger partial charge in [-0.3, -0.25) is 0 Å². The maximum Gasteiger partial charge on any atom is 0.0485 e. The van der Waals surface area contributed by atoms with Crippen molar-refractivity contribution in [2.45, 2.75) is 6.04 Å². The van der Waals surface area contributed by atoms with Crippen molar-refractivity contribution in [1.82, 2.24) is 4.98 Å². The molecule has 0 aliphatic rings. The maximum atomic E-state index is 6.08. The van der Waals surface area contributed by atoms with E-state index in [1.54, 1.807) is 6.08 Å². The van der Waals surface area contributed by atoms with Gasteiger partial charge < -0.3 is 10.7 Å². The molecule has 0 aliphatic heterocycles. The van der Waals surface area contributed by atoms with Crippen molar-refractivity contribution in [2.24, 2.45) is 5.73 Å². The third-order valence-electron chi connectivity index (χ3n) is 3.18. The van der Waals surface area contributed by atoms with Crippen LogP contribution in [0, 0.1) is 0 Å². The Labute approximate surface area is 99.7 Å². The van der Waals surface area contributed by atoms with Crippen LogP contribution in [0.1, 0.15) is 11.6 Å². The Bertz CT molecular complexity index is 694. The van der Waals surface area contributed by atoms with Gasteiger partial charge in [0.25, 0.3) is 0 Å². The predicted octanol–water partition coefficient (Wildman–Crippen LogP) is 3.51. The first-order valence-electron chi connectivity index (χ1n) is 5.68. The fourth-order valence-corrected chi connectivity index (χ4v) is 2.33. The molecule has 0 saturated heterocycles. The summed E-state index contributed by atoms with van der Waals surface area (Å²) in [7, 11) is 0. The van der Waals surface area contributed by atoms with Crippen LogP contribution in [0.4, 0.5) is 0 Å². The van der Waals surface area contributed by atoms with Gasteiger partial charge in [-0.15, -0.1) is 6.58 Å². The molecule has 2 heteroatoms. The monoisotopic (exact) mass is 222 g/mol. The maximum absolute atomic E-state index is 6.08. The number of nitrogens with two attached hydrogens (primary N) is 1. The molecule has 0 bridgehead atoms. The van der Waals surface area contributed by atoms with E-state index >= 15 is 0 Å². The summed E-state index contributed by atoms with van der Waals surface area (Å²) < 4.78 is 0. The average Bonchev–Trinajstić information content (AvgIpc) is 2.76. The number of aromatic nitrogens is 1. The Morgan fingerprint density at radius 2 is 1.82 bits per heavy atom. The molecule has 3 aromatic rings. The van der Waals surface area contributed by atoms with Crippen LogP contribution < -0.4 is 5.73 Å². The number of hydrogen-bond donors (Lipinski definition) is 2. The second kappa shape index (κ2) is 3.75. The third-order valence-corrected chi connectivity index (χ3v) is 3.18. The van der Waals surface area contributed by atoms with E-state index in [2.05, 4.69) is 35.8 Å². The molecule has 84 valence electrons. The molecule has 0 amide bonds. The molecule has 0 spiro atoms. The molecule has 0 saturated carbocycles. The Kier molecular flexibility index (Phi) is 2.23. The average molecular weight is 222 g/mol. The zero-order valence-electron chi connectivity index (χ0n) is 9.48. The Morgan fingerprint density at radius 3 is 2.65 bits per heavy atom. The molecular weight excluding hydrogens is 208 g/mol. The van der Waals surface area contributed by atoms with Crippen molar-refractivity contribution < 1.29 is 0 Å². The summed E-state index contributed by atoms with van der Waals surface area (Å²) in [4.78, 5) is 3.41. The highest BCUT2D eigenvalue weighted by Crippen LogP contribution is 2.30. The van der Waals surface area contributed by atoms with Crippen LogP contribution in [0.3, 0.4) is 0 Å². The van der Waals surface area contributed by atoms with Crippen molar-refractivity contribution in [3.8, 4) is 0 Å². The van der Waals surface area contributed by atoms with Crippen LogP contribution in [0.25, 0.3) is 21.8 Å². The lowest BCUT2D eigenvalue weighted by Crippen LogP contribution is -2.06. The molecule has 0 aliphatic carbocycles. The first kappa shape index (κ1) is 10.1. The fraction of sp³-hybridized carbons (Fsp3) is 0.0667. The lowest BCUT2D eigenvalue weighted by Gasteiger charge is -2.08. The summed E-state index contributed by atoms with van der Waals surface area (Å²) in [6.07, 6.45) is 1.77. The fourth-order valence-electron chi connectivity index (χ4n) is 2.33. The number of H-pyrrole nitrogens is 1. The lowest BCUT2D eigenvalue weighted by molar-refractivity contribution is 0.926. The molecule has 1 heterocycles. The van der Waals surface area contributed by atoms with E-state index in [-0.39, 0.29) is 6.04 Å². The van der Waals surface area contributed by atoms with E-state index in [0.717, 1.165) is 16.6 Å². The van der Waals surface area contributed by atoms with Gasteiger partial charge in [0.05, 0.1) is 0 Å². The largest absolute Gasteiger partial charge is 0.355 e. The van der Waals surface area contributed by atoms with Gasteiger partial charge in [0.2, 0.25) is 0 Å². The Morgan fingerprint density at radius 1 is 1.06 bits per heavy atom. The molecule has 17 heavy (non-hydrogen) atoms. The number of aromatic amines is 1. The van der Waals surface area contributed by atoms with E-state index in [9.17, 15) is 0 Å². The van der Waals surface area contributed by atoms with Crippen LogP contribution in [0.2, 0.25) is 0 Å². The normalized spacial score (nSPS) is 13.0. The molecule has 1 unspecified atom stereocenters. The van der Waals surface area contributed by atoms with Crippen LogP contribution in [0.15, 0.2) is 55.1 Å². The van der Waals surface area contributed by atoms with Crippen molar-refractivity contribution in [2.75, 3.05) is 0 Å². The van der Waals surface area contributed by atoms with Crippen LogP contribution in [-0.2, 0) is 0 Å². The molecule has 3 rings (SSSR count). The topological polar surface area (TPSA) is 41.8 Å². The minimum atomic E-state index is -0.127. The molecule has 0 radical (unpaired) electrons. The van der Waals surface area contributed by atoms with Gasteiger partial charge in [0, 0.05) is 27.8 Å². The van der Waals surface area contributed by atoms with Crippen LogP contribution >= 0.6 is 0 Å². The van der Waals surface area contributed by atoms with Gasteiger partial charge in [-0.05, 0) is 17.7 Å². The van der Waals surface area contributed by atoms with Gasteiger partial charge >= 0.3 is 0 Å². The molecule has 0 fully saturated rings. The third kappa shape index (κ3) is 1.46. The van der Waals surface area contributed by atoms with Crippen molar-refractivity contribution in [3.05, 3.63) is 60.7 Å². The van der Waals surface area contributed by atoms with Crippen molar-refractivity contribution in [3.63, 3.8) is 0 Å². The van der Waals surface area contributed by atoms with Gasteiger partial charge in [0.15, 0.2) is 0 Å². The zero-order valence-corrected chi connectivity index (χ0v) is 9.48. The zero-order chi connectivity index (χ0) is 11.8. The lowest BCUT2D eigenvalue weighted by atomic mass is 10.0. The summed E-state index contributed by atoms with van der Waals surface area (Å²) in [5.74, 6) is 0. The Balaban J connectivity index is 2.47. The number of benzene rings is 2. The molecule has 3 N–H and O–H groups in total. The van der Waals surface area contributed by atoms with E-state index in [1.807, 2.05) is 18.2 Å². The molecule has 1 aromatic heterocycles. The van der Waals surface area contributed by atoms with Crippen LogP contribution in [0.5, 0.6) is 0 Å². The number of hydrogen-bond acceptors (Lipinski definition) is 1. The first-order chi connectivity index (χ1) is 8.31. The van der Waals surface area contributed by atoms with Gasteiger partial charge in [-0.2, -0.15) is 0 Å². The standard InChI is InChI=1S/C15H14N2/c1-2-12(16)10-7-5-9-14-15(10)11-6-3-4-8-13(11)17-14/h2-9,12,17H,1,16H2. The minimum Gasteiger partial charge on any atom is -0.355 e. The molecule has 2 aromatic carbocycles. The molecular formula is C15H14N2. The number of para-hydroxylation sites is 1. The quantitative estimate of drug-likeness (QED) is 0.640. The minimum absolute atomic E-state index is 0.127. The van der Waals surface area contributed by atoms with E-state index < -0.39 is 0 Å². The van der Waals surface area contributed by atoms with Gasteiger partial charge in [0.1, 0.15) is 0 Å². The second-order valence-electron chi connectivity index (χ2n) is 4.20. The summed E-state index contributed by atoms with van der Waals surface area (Å²) in [6.45, 7) is 3.77. The molecule has 1 atom stereocenters. The van der Waals surface area contributed by atoms with Crippen molar-refractivity contribution >= 4 is 21.8 Å². The van der Waals surface area contributed by atoms with E-state index in [0.29, 0.717) is 0 Å². The van der Waals surface area contributed by atoms with E-state index in [1.165, 1.54) is 10.8 Å². The summed E-state index contributed by atoms with van der Waals surface area (Å²) in [5, 5.41) is 2.42. The Hall–Kier alpha value is -2.06. The van der Waals surface area contributed by atoms with Gasteiger partial charge in [-0.25, -0.2) is 0 Å². The van der Waals surface area contributed by atoms with E-state index in [4.69, 9.17) is 5.73 Å². The summed E-state index contributed by atoms with van der Waals surface area (Å²) in [6, 6.07) is 14.3. The highest BCUT2D eigenvalue weighted by molar-refractivity contribution is 6.09. The smallest absolute Gasteiger partial charge is 0.0485 e. The number of nitrogens with one attached hydrogen (secondary N) is 1. The summed E-state index contributed by atoms with van der Waals surface area (Å²) >= 11 is 0. The highest BCUT2D eigenvalue weighted by Gasteiger charge is 2.11. The molecule has 2 nitrogen and oxygen atoms in total. The number of fused-ring (bicyclic) bond motifs is 3. The van der Waals surface area contributed by atoms with Crippen molar-refractivity contribution in [1.29, 1.82) is 0 Å². The predicted molar refractivity (Wildman–Crippen MR) is 72.9 cm³/mol.